The minimum Gasteiger partial charge on any atom is -0.478 e. The van der Waals surface area contributed by atoms with Crippen LogP contribution < -0.4 is 5.32 Å². The highest BCUT2D eigenvalue weighted by Gasteiger charge is 2.38. The highest BCUT2D eigenvalue weighted by molar-refractivity contribution is 5.90. The highest BCUT2D eigenvalue weighted by atomic mass is 19.4. The number of carbonyl (C=O) groups excluding carboxylic acids is 8. The number of carboxylic acid groups (broad SMARTS) is 1. The van der Waals surface area contributed by atoms with Crippen LogP contribution in [-0.4, -0.2) is 115 Å². The van der Waals surface area contributed by atoms with Crippen molar-refractivity contribution in [3.63, 3.8) is 0 Å². The highest BCUT2D eigenvalue weighted by Crippen LogP contribution is 2.42. The van der Waals surface area contributed by atoms with E-state index in [0.29, 0.717) is 77.0 Å². The lowest BCUT2D eigenvalue weighted by Gasteiger charge is -2.33. The summed E-state index contributed by atoms with van der Waals surface area (Å²) in [6, 6.07) is 0. The maximum absolute atomic E-state index is 13.4. The van der Waals surface area contributed by atoms with Gasteiger partial charge in [-0.1, -0.05) is 415 Å². The Balaban J connectivity index is 0.00000229. The van der Waals surface area contributed by atoms with Crippen molar-refractivity contribution < 1.29 is 80.4 Å². The quantitative estimate of drug-likeness (QED) is 0.0190. The lowest BCUT2D eigenvalue weighted by Crippen LogP contribution is -2.37. The van der Waals surface area contributed by atoms with Gasteiger partial charge in [-0.15, -0.1) is 0 Å². The first kappa shape index (κ1) is 132. The lowest BCUT2D eigenvalue weighted by atomic mass is 9.72. The van der Waals surface area contributed by atoms with E-state index in [2.05, 4.69) is 113 Å². The van der Waals surface area contributed by atoms with Gasteiger partial charge in [0, 0.05) is 63.5 Å². The first-order valence-corrected chi connectivity index (χ1v) is 56.1. The molecule has 139 heavy (non-hydrogen) atoms. The summed E-state index contributed by atoms with van der Waals surface area (Å²) in [5.41, 5.74) is 10.4. The fourth-order valence-electron chi connectivity index (χ4n) is 18.1. The Hall–Kier alpha value is -7.18. The number of amides is 2. The summed E-state index contributed by atoms with van der Waals surface area (Å²) >= 11 is 0. The number of esters is 4. The standard InChI is InChI=1S/C59H101NO6.C41H74F3NO6.C20H28O2/c1-8-10-12-14-16-18-20-22-24-26-32-41-57(63)65-48-46-60(47-49-66-58(64)42-33-27-25-23-21-19-17-15-13-11-9-2)56(62)40-31-29-28-30-39-54(61)50-52(4)37-34-36-51(3)43-44-55-53(5)38-35-45-59(55,6)7;1-3-5-7-9-11-13-15-17-19-21-25-29-38(47)50-34-31-36(37(46)28-24-23-27-33-45-40(49)41(42,43)44)32-35-51-39(48)30-26-22-20-18-16-14-12-10-8-6-4-2;1-15(8-6-9-16(2)14-19(21)22)11-12-18-17(3)10-7-13-20(18,4)5/h34,36-37,43-44,50H,8-33,35,38-42,45-49H2,1-7H3;36H,3-35H2,1-2H3,(H,45,49);6,8-9,11-12,14H,7,10,13H2,1-5H3,(H,21,22)/b37-34+,44-43+,51-36+,52-50+;;9-6+,12-11+,15-8+,16-14+. The van der Waals surface area contributed by atoms with Gasteiger partial charge in [0.15, 0.2) is 5.78 Å². The van der Waals surface area contributed by atoms with Gasteiger partial charge in [0.05, 0.1) is 26.3 Å². The van der Waals surface area contributed by atoms with Crippen LogP contribution in [0.15, 0.2) is 117 Å². The number of nitrogens with one attached hydrogen (secondary N) is 1. The number of rotatable bonds is 84. The molecule has 2 aliphatic rings. The molecular weight excluding hydrogens is 1750 g/mol. The molecule has 0 saturated carbocycles. The third-order valence-electron chi connectivity index (χ3n) is 26.9. The number of ketones is 2. The van der Waals surface area contributed by atoms with E-state index in [1.807, 2.05) is 36.5 Å². The Morgan fingerprint density at radius 3 is 0.978 bits per heavy atom. The minimum absolute atomic E-state index is 0.0240. The number of unbranched alkanes of at least 4 members (excludes halogenated alkanes) is 45. The number of nitrogens with zero attached hydrogens (tertiary/aromatic N) is 1. The van der Waals surface area contributed by atoms with E-state index in [0.717, 1.165) is 113 Å². The van der Waals surface area contributed by atoms with Crippen molar-refractivity contribution >= 4 is 53.2 Å². The summed E-state index contributed by atoms with van der Waals surface area (Å²) in [5, 5.41) is 10.5. The summed E-state index contributed by atoms with van der Waals surface area (Å²) in [6.07, 6.45) is 87.2. The zero-order valence-corrected chi connectivity index (χ0v) is 91.0. The minimum atomic E-state index is -4.91. The van der Waals surface area contributed by atoms with Crippen LogP contribution >= 0.6 is 0 Å². The third kappa shape index (κ3) is 79.9. The molecule has 19 heteroatoms. The molecule has 2 aliphatic carbocycles. The molecule has 0 aromatic rings. The van der Waals surface area contributed by atoms with Gasteiger partial charge in [-0.25, -0.2) is 4.79 Å². The molecule has 16 nitrogen and oxygen atoms in total. The Morgan fingerprint density at radius 1 is 0.374 bits per heavy atom. The first-order valence-electron chi connectivity index (χ1n) is 56.1. The predicted molar refractivity (Wildman–Crippen MR) is 573 cm³/mol. The molecule has 0 bridgehead atoms. The Labute approximate surface area is 846 Å². The van der Waals surface area contributed by atoms with Gasteiger partial charge in [-0.3, -0.25) is 38.4 Å². The summed E-state index contributed by atoms with van der Waals surface area (Å²) in [5.74, 6) is -4.23. The second-order valence-corrected chi connectivity index (χ2v) is 41.3. The molecule has 798 valence electrons. The molecule has 2 N–H and O–H groups in total. The normalized spacial score (nSPS) is 14.3. The van der Waals surface area contributed by atoms with E-state index in [9.17, 15) is 56.3 Å². The zero-order valence-electron chi connectivity index (χ0n) is 91.0. The predicted octanol–water partition coefficient (Wildman–Crippen LogP) is 34.0. The Bertz CT molecular complexity index is 3510. The molecule has 0 aliphatic heterocycles. The molecular formula is C120H203F3N2O14. The van der Waals surface area contributed by atoms with Gasteiger partial charge in [0.25, 0.3) is 0 Å². The lowest BCUT2D eigenvalue weighted by molar-refractivity contribution is -0.173. The molecule has 0 atom stereocenters. The van der Waals surface area contributed by atoms with E-state index in [1.54, 1.807) is 24.0 Å². The monoisotopic (exact) mass is 1950 g/mol. The number of hydrogen-bond donors (Lipinski definition) is 2. The topological polar surface area (TPSA) is 226 Å². The van der Waals surface area contributed by atoms with Gasteiger partial charge in [0.1, 0.15) is 19.0 Å². The van der Waals surface area contributed by atoms with Crippen molar-refractivity contribution in [3.05, 3.63) is 117 Å². The molecule has 2 amide bonds. The molecule has 0 radical (unpaired) electrons. The van der Waals surface area contributed by atoms with Gasteiger partial charge in [-0.05, 0) is 183 Å². The second kappa shape index (κ2) is 88.5. The van der Waals surface area contributed by atoms with Crippen molar-refractivity contribution in [3.8, 4) is 0 Å². The van der Waals surface area contributed by atoms with Crippen LogP contribution in [0.4, 0.5) is 13.2 Å². The van der Waals surface area contributed by atoms with E-state index in [-0.39, 0.29) is 105 Å². The summed E-state index contributed by atoms with van der Waals surface area (Å²) in [7, 11) is 0. The van der Waals surface area contributed by atoms with Crippen LogP contribution in [0, 0.1) is 16.7 Å². The van der Waals surface area contributed by atoms with Crippen LogP contribution in [0.1, 0.15) is 521 Å². The van der Waals surface area contributed by atoms with Crippen molar-refractivity contribution in [2.45, 2.75) is 527 Å². The van der Waals surface area contributed by atoms with Crippen molar-refractivity contribution in [1.82, 2.24) is 10.2 Å². The van der Waals surface area contributed by atoms with Crippen LogP contribution in [0.2, 0.25) is 0 Å². The van der Waals surface area contributed by atoms with E-state index < -0.39 is 24.0 Å². The van der Waals surface area contributed by atoms with E-state index >= 15 is 0 Å². The van der Waals surface area contributed by atoms with E-state index in [4.69, 9.17) is 24.1 Å². The number of halogens is 3. The molecule has 0 saturated heterocycles. The van der Waals surface area contributed by atoms with Crippen LogP contribution in [-0.2, 0) is 62.1 Å². The van der Waals surface area contributed by atoms with Crippen molar-refractivity contribution in [2.24, 2.45) is 16.7 Å². The number of carbonyl (C=O) groups is 9. The van der Waals surface area contributed by atoms with Gasteiger partial charge < -0.3 is 34.3 Å². The zero-order chi connectivity index (χ0) is 103. The van der Waals surface area contributed by atoms with Gasteiger partial charge in [-0.2, -0.15) is 13.2 Å². The second-order valence-electron chi connectivity index (χ2n) is 41.3. The average Bonchev–Trinajstić information content (AvgIpc) is 0.824. The van der Waals surface area contributed by atoms with Crippen LogP contribution in [0.5, 0.6) is 0 Å². The fourth-order valence-corrected chi connectivity index (χ4v) is 18.1. The molecule has 2 rings (SSSR count). The molecule has 0 fully saturated rings. The van der Waals surface area contributed by atoms with Crippen molar-refractivity contribution in [2.75, 3.05) is 46.1 Å². The molecule has 0 spiro atoms. The summed E-state index contributed by atoms with van der Waals surface area (Å²) < 4.78 is 59.0. The Kier molecular flexibility index (Phi) is 83.9. The van der Waals surface area contributed by atoms with Gasteiger partial charge >= 0.3 is 41.9 Å². The smallest absolute Gasteiger partial charge is 0.471 e. The number of allylic oxidation sites excluding steroid dienone is 19. The number of ether oxygens (including phenoxy) is 4. The molecule has 0 aromatic carbocycles. The molecule has 0 aromatic heterocycles. The van der Waals surface area contributed by atoms with E-state index in [1.165, 1.54) is 278 Å². The Morgan fingerprint density at radius 2 is 0.662 bits per heavy atom. The molecule has 0 unspecified atom stereocenters. The number of Topliss-reactive ketones (excluding diaryl/α,β-unsaturated/α-hetero) is 1. The first-order chi connectivity index (χ1) is 66.7. The third-order valence-corrected chi connectivity index (χ3v) is 26.9. The largest absolute Gasteiger partial charge is 0.478 e. The maximum atomic E-state index is 13.4. The number of alkyl halides is 3. The fraction of sp³-hybridized carbons (Fsp3) is 0.758. The van der Waals surface area contributed by atoms with Gasteiger partial charge in [0.2, 0.25) is 5.91 Å². The maximum Gasteiger partial charge on any atom is 0.471 e. The number of carboxylic acids is 1. The summed E-state index contributed by atoms with van der Waals surface area (Å²) in [4.78, 5) is 112. The SMILES string of the molecule is CC1=C(/C=C/C(C)=C/C=C/C(C)=C/C(=O)O)C(C)(C)CCC1.CCCCCCCCCCCCCC(=O)OCCC(CCOC(=O)CCCCCCCCCCCCC)C(=O)CCCCCNC(=O)C(F)(F)F.CCCCCCCCCCCCCC(=O)OCCN(CCOC(=O)CCCCCCCCCCCCC)C(=O)CCCCCCC(=O)/C=C(C)/C=C/C=C(C)/C=C/C1=C(C)CCCC1(C)C. The number of aliphatic carboxylic acids is 1. The van der Waals surface area contributed by atoms with Crippen LogP contribution in [0.25, 0.3) is 0 Å². The number of hydrogen-bond acceptors (Lipinski definition) is 13. The summed E-state index contributed by atoms with van der Waals surface area (Å²) in [6.45, 7) is 31.6. The average molecular weight is 1950 g/mol. The van der Waals surface area contributed by atoms with Crippen LogP contribution in [0.3, 0.4) is 0 Å². The molecule has 0 heterocycles. The van der Waals surface area contributed by atoms with Crippen molar-refractivity contribution in [1.29, 1.82) is 0 Å².